The minimum atomic E-state index is 0.0448. The maximum Gasteiger partial charge on any atom is 0.185 e. The monoisotopic (exact) mass is 359 g/mol. The van der Waals surface area contributed by atoms with E-state index in [1.807, 2.05) is 48.5 Å². The first-order valence-corrected chi connectivity index (χ1v) is 9.49. The highest BCUT2D eigenvalue weighted by atomic mass is 16.1. The topological polar surface area (TPSA) is 49.9 Å². The van der Waals surface area contributed by atoms with Crippen LogP contribution in [0, 0.1) is 0 Å². The van der Waals surface area contributed by atoms with Gasteiger partial charge in [-0.1, -0.05) is 54.6 Å². The smallest absolute Gasteiger partial charge is 0.185 e. The number of nitrogens with one attached hydrogen (secondary N) is 1. The number of ketones is 2. The molecular weight excluding hydrogens is 334 g/mol. The number of aromatic amines is 1. The standard InChI is InChI=1S/C24H25NO2/c1-18(26)16-17-21-20-12-8-9-14-22(20)25-23(21)13-6-3-7-15-24(27)19-10-4-2-5-11-19/h2,4-5,7-12,14-15,25H,3,6,13,16-17H2,1H3/b15-7+. The molecule has 1 N–H and O–H groups in total. The second kappa shape index (κ2) is 9.13. The zero-order valence-corrected chi connectivity index (χ0v) is 15.7. The largest absolute Gasteiger partial charge is 0.358 e. The first-order valence-electron chi connectivity index (χ1n) is 9.49. The summed E-state index contributed by atoms with van der Waals surface area (Å²) < 4.78 is 0. The number of carbonyl (C=O) groups excluding carboxylic acids is 2. The van der Waals surface area contributed by atoms with Crippen molar-refractivity contribution in [3.63, 3.8) is 0 Å². The molecule has 0 fully saturated rings. The Hall–Kier alpha value is -2.94. The molecule has 1 aromatic heterocycles. The zero-order chi connectivity index (χ0) is 19.1. The van der Waals surface area contributed by atoms with Crippen molar-refractivity contribution in [2.75, 3.05) is 0 Å². The molecule has 3 aromatic rings. The molecule has 0 aliphatic carbocycles. The lowest BCUT2D eigenvalue weighted by Gasteiger charge is -2.03. The number of hydrogen-bond donors (Lipinski definition) is 1. The Labute approximate surface area is 160 Å². The van der Waals surface area contributed by atoms with Crippen molar-refractivity contribution in [3.05, 3.63) is 83.6 Å². The number of allylic oxidation sites excluding steroid dienone is 2. The quantitative estimate of drug-likeness (QED) is 0.314. The number of unbranched alkanes of at least 4 members (excludes halogenated alkanes) is 1. The van der Waals surface area contributed by atoms with Gasteiger partial charge in [-0.05, 0) is 50.3 Å². The number of para-hydroxylation sites is 1. The van der Waals surface area contributed by atoms with Gasteiger partial charge in [0.25, 0.3) is 0 Å². The van der Waals surface area contributed by atoms with Gasteiger partial charge < -0.3 is 9.78 Å². The molecule has 0 unspecified atom stereocenters. The Morgan fingerprint density at radius 3 is 2.48 bits per heavy atom. The number of benzene rings is 2. The summed E-state index contributed by atoms with van der Waals surface area (Å²) in [5.41, 5.74) is 4.31. The molecular formula is C24H25NO2. The summed E-state index contributed by atoms with van der Waals surface area (Å²) in [6.45, 7) is 1.64. The van der Waals surface area contributed by atoms with E-state index in [-0.39, 0.29) is 11.6 Å². The molecule has 0 spiro atoms. The molecule has 0 amide bonds. The minimum absolute atomic E-state index is 0.0448. The van der Waals surface area contributed by atoms with Crippen LogP contribution < -0.4 is 0 Å². The van der Waals surface area contributed by atoms with Crippen LogP contribution in [-0.2, 0) is 17.6 Å². The normalized spacial score (nSPS) is 11.3. The number of aromatic nitrogens is 1. The molecule has 3 rings (SSSR count). The number of hydrogen-bond acceptors (Lipinski definition) is 2. The molecule has 3 heteroatoms. The van der Waals surface area contributed by atoms with Gasteiger partial charge >= 0.3 is 0 Å². The van der Waals surface area contributed by atoms with Gasteiger partial charge in [0.1, 0.15) is 5.78 Å². The Morgan fingerprint density at radius 2 is 1.70 bits per heavy atom. The first kappa shape index (κ1) is 18.8. The molecule has 2 aromatic carbocycles. The fraction of sp³-hybridized carbons (Fsp3) is 0.250. The first-order chi connectivity index (χ1) is 13.1. The molecule has 27 heavy (non-hydrogen) atoms. The number of carbonyl (C=O) groups is 2. The highest BCUT2D eigenvalue weighted by Gasteiger charge is 2.11. The highest BCUT2D eigenvalue weighted by molar-refractivity contribution is 6.04. The average molecular weight is 359 g/mol. The summed E-state index contributed by atoms with van der Waals surface area (Å²) in [7, 11) is 0. The van der Waals surface area contributed by atoms with Crippen molar-refractivity contribution in [1.82, 2.24) is 4.98 Å². The molecule has 0 saturated carbocycles. The Balaban J connectivity index is 1.61. The second-order valence-corrected chi connectivity index (χ2v) is 6.85. The third-order valence-electron chi connectivity index (χ3n) is 4.75. The molecule has 0 atom stereocenters. The van der Waals surface area contributed by atoms with Crippen molar-refractivity contribution >= 4 is 22.5 Å². The van der Waals surface area contributed by atoms with Gasteiger partial charge in [0.15, 0.2) is 5.78 Å². The van der Waals surface area contributed by atoms with Crippen LogP contribution in [0.25, 0.3) is 10.9 Å². The molecule has 3 nitrogen and oxygen atoms in total. The van der Waals surface area contributed by atoms with Gasteiger partial charge in [-0.2, -0.15) is 0 Å². The van der Waals surface area contributed by atoms with Crippen LogP contribution in [0.4, 0.5) is 0 Å². The summed E-state index contributed by atoms with van der Waals surface area (Å²) in [5.74, 6) is 0.261. The maximum atomic E-state index is 12.1. The highest BCUT2D eigenvalue weighted by Crippen LogP contribution is 2.25. The molecule has 0 aliphatic rings. The summed E-state index contributed by atoms with van der Waals surface area (Å²) in [5, 5.41) is 1.21. The maximum absolute atomic E-state index is 12.1. The van der Waals surface area contributed by atoms with E-state index < -0.39 is 0 Å². The van der Waals surface area contributed by atoms with Crippen molar-refractivity contribution in [2.24, 2.45) is 0 Å². The number of fused-ring (bicyclic) bond motifs is 1. The Kier molecular flexibility index (Phi) is 6.37. The predicted molar refractivity (Wildman–Crippen MR) is 110 cm³/mol. The number of aryl methyl sites for hydroxylation is 2. The molecule has 138 valence electrons. The van der Waals surface area contributed by atoms with Gasteiger partial charge in [0.2, 0.25) is 0 Å². The van der Waals surface area contributed by atoms with Gasteiger partial charge in [0, 0.05) is 28.6 Å². The van der Waals surface area contributed by atoms with Crippen molar-refractivity contribution < 1.29 is 9.59 Å². The summed E-state index contributed by atoms with van der Waals surface area (Å²) >= 11 is 0. The van der Waals surface area contributed by atoms with E-state index >= 15 is 0 Å². The fourth-order valence-electron chi connectivity index (χ4n) is 3.34. The lowest BCUT2D eigenvalue weighted by molar-refractivity contribution is -0.116. The van der Waals surface area contributed by atoms with Crippen LogP contribution in [0.2, 0.25) is 0 Å². The Bertz CT molecular complexity index is 951. The van der Waals surface area contributed by atoms with Gasteiger partial charge in [-0.15, -0.1) is 0 Å². The van der Waals surface area contributed by atoms with Crippen molar-refractivity contribution in [2.45, 2.75) is 39.0 Å². The molecule has 0 radical (unpaired) electrons. The van der Waals surface area contributed by atoms with Gasteiger partial charge in [-0.25, -0.2) is 0 Å². The van der Waals surface area contributed by atoms with E-state index in [1.165, 1.54) is 16.6 Å². The summed E-state index contributed by atoms with van der Waals surface area (Å²) in [6.07, 6.45) is 7.67. The van der Waals surface area contributed by atoms with E-state index in [0.29, 0.717) is 6.42 Å². The number of H-pyrrole nitrogens is 1. The zero-order valence-electron chi connectivity index (χ0n) is 15.7. The molecule has 1 heterocycles. The fourth-order valence-corrected chi connectivity index (χ4v) is 3.34. The Morgan fingerprint density at radius 1 is 0.963 bits per heavy atom. The average Bonchev–Trinajstić information content (AvgIpc) is 3.04. The van der Waals surface area contributed by atoms with Crippen LogP contribution in [-0.4, -0.2) is 16.6 Å². The van der Waals surface area contributed by atoms with Crippen LogP contribution in [0.1, 0.15) is 47.8 Å². The second-order valence-electron chi connectivity index (χ2n) is 6.85. The van der Waals surface area contributed by atoms with Crippen LogP contribution in [0.3, 0.4) is 0 Å². The molecule has 0 saturated heterocycles. The van der Waals surface area contributed by atoms with Crippen LogP contribution in [0.5, 0.6) is 0 Å². The van der Waals surface area contributed by atoms with Crippen molar-refractivity contribution in [3.8, 4) is 0 Å². The van der Waals surface area contributed by atoms with E-state index in [2.05, 4.69) is 17.1 Å². The third kappa shape index (κ3) is 5.04. The molecule has 0 bridgehead atoms. The van der Waals surface area contributed by atoms with E-state index in [1.54, 1.807) is 13.0 Å². The van der Waals surface area contributed by atoms with Gasteiger partial charge in [-0.3, -0.25) is 4.79 Å². The molecule has 0 aliphatic heterocycles. The predicted octanol–water partition coefficient (Wildman–Crippen LogP) is 5.45. The summed E-state index contributed by atoms with van der Waals surface area (Å²) in [4.78, 5) is 27.0. The van der Waals surface area contributed by atoms with Crippen LogP contribution in [0.15, 0.2) is 66.7 Å². The number of Topliss-reactive ketones (excluding diaryl/α,β-unsaturated/α-hetero) is 1. The SMILES string of the molecule is CC(=O)CCc1c(CCC/C=C/C(=O)c2ccccc2)[nH]c2ccccc12. The van der Waals surface area contributed by atoms with Crippen LogP contribution >= 0.6 is 0 Å². The minimum Gasteiger partial charge on any atom is -0.358 e. The van der Waals surface area contributed by atoms with E-state index in [0.717, 1.165) is 36.8 Å². The third-order valence-corrected chi connectivity index (χ3v) is 4.75. The summed E-state index contributed by atoms with van der Waals surface area (Å²) in [6, 6.07) is 17.6. The van der Waals surface area contributed by atoms with E-state index in [4.69, 9.17) is 0 Å². The lowest BCUT2D eigenvalue weighted by Crippen LogP contribution is -1.98. The van der Waals surface area contributed by atoms with E-state index in [9.17, 15) is 9.59 Å². The van der Waals surface area contributed by atoms with Gasteiger partial charge in [0.05, 0.1) is 0 Å². The number of rotatable bonds is 9. The lowest BCUT2D eigenvalue weighted by atomic mass is 10.0. The van der Waals surface area contributed by atoms with Crippen molar-refractivity contribution in [1.29, 1.82) is 0 Å².